The maximum absolute atomic E-state index is 12.7. The zero-order valence-electron chi connectivity index (χ0n) is 15.6. The van der Waals surface area contributed by atoms with Crippen molar-refractivity contribution in [2.24, 2.45) is 0 Å². The number of hydrogen-bond donors (Lipinski definition) is 1. The molecule has 2 rings (SSSR count). The Morgan fingerprint density at radius 2 is 1.75 bits per heavy atom. The van der Waals surface area contributed by atoms with Crippen molar-refractivity contribution in [1.82, 2.24) is 14.5 Å². The first-order valence-electron chi connectivity index (χ1n) is 8.70. The highest BCUT2D eigenvalue weighted by Gasteiger charge is 2.31. The number of aryl methyl sites for hydroxylation is 2. The number of hydrogen-bond acceptors (Lipinski definition) is 4. The molecule has 0 aliphatic carbocycles. The topological polar surface area (TPSA) is 52.6 Å². The molecule has 1 N–H and O–H groups in total. The Balaban J connectivity index is 2.02. The second kappa shape index (κ2) is 7.52. The van der Waals surface area contributed by atoms with E-state index < -0.39 is 10.0 Å². The number of benzene rings is 1. The maximum atomic E-state index is 12.7. The molecule has 1 aliphatic rings. The molecule has 136 valence electrons. The van der Waals surface area contributed by atoms with Gasteiger partial charge in [-0.3, -0.25) is 4.90 Å². The summed E-state index contributed by atoms with van der Waals surface area (Å²) in [5.74, 6) is 0. The summed E-state index contributed by atoms with van der Waals surface area (Å²) in [5.41, 5.74) is 1.66. The summed E-state index contributed by atoms with van der Waals surface area (Å²) >= 11 is 0. The second-order valence-corrected chi connectivity index (χ2v) is 9.06. The Hall–Kier alpha value is -0.950. The minimum atomic E-state index is -3.48. The van der Waals surface area contributed by atoms with E-state index in [4.69, 9.17) is 0 Å². The SMILES string of the molecule is CCN1CCN(C(C)(C)CNS(=O)(=O)c2ccc(C)cc2C)CC1. The first-order valence-corrected chi connectivity index (χ1v) is 10.2. The Morgan fingerprint density at radius 3 is 2.29 bits per heavy atom. The van der Waals surface area contributed by atoms with Crippen molar-refractivity contribution in [1.29, 1.82) is 0 Å². The average Bonchev–Trinajstić information content (AvgIpc) is 2.53. The van der Waals surface area contributed by atoms with Crippen LogP contribution in [0.25, 0.3) is 0 Å². The molecule has 6 heteroatoms. The van der Waals surface area contributed by atoms with Crippen LogP contribution < -0.4 is 4.72 Å². The summed E-state index contributed by atoms with van der Waals surface area (Å²) in [7, 11) is -3.48. The third-order valence-electron chi connectivity index (χ3n) is 4.99. The van der Waals surface area contributed by atoms with E-state index in [1.807, 2.05) is 26.0 Å². The molecule has 1 aromatic carbocycles. The molecular weight excluding hydrogens is 322 g/mol. The van der Waals surface area contributed by atoms with Gasteiger partial charge >= 0.3 is 0 Å². The van der Waals surface area contributed by atoms with Crippen LogP contribution in [0.2, 0.25) is 0 Å². The van der Waals surface area contributed by atoms with Crippen LogP contribution in [0, 0.1) is 13.8 Å². The standard InChI is InChI=1S/C18H31N3O2S/c1-6-20-9-11-21(12-10-20)18(4,5)14-19-24(22,23)17-8-7-15(2)13-16(17)3/h7-8,13,19H,6,9-12,14H2,1-5H3. The van der Waals surface area contributed by atoms with Crippen LogP contribution in [0.3, 0.4) is 0 Å². The fraction of sp³-hybridized carbons (Fsp3) is 0.667. The molecule has 0 spiro atoms. The van der Waals surface area contributed by atoms with E-state index in [2.05, 4.69) is 35.3 Å². The summed E-state index contributed by atoms with van der Waals surface area (Å²) in [6.07, 6.45) is 0. The molecular formula is C18H31N3O2S. The molecule has 0 radical (unpaired) electrons. The quantitative estimate of drug-likeness (QED) is 0.850. The van der Waals surface area contributed by atoms with Gasteiger partial charge in [0.25, 0.3) is 0 Å². The molecule has 24 heavy (non-hydrogen) atoms. The van der Waals surface area contributed by atoms with E-state index in [9.17, 15) is 8.42 Å². The van der Waals surface area contributed by atoms with Gasteiger partial charge in [-0.15, -0.1) is 0 Å². The third-order valence-corrected chi connectivity index (χ3v) is 6.55. The molecule has 0 atom stereocenters. The molecule has 0 amide bonds. The van der Waals surface area contributed by atoms with E-state index in [1.165, 1.54) is 0 Å². The van der Waals surface area contributed by atoms with Gasteiger partial charge in [0.15, 0.2) is 0 Å². The van der Waals surface area contributed by atoms with Crippen molar-refractivity contribution >= 4 is 10.0 Å². The van der Waals surface area contributed by atoms with Gasteiger partial charge in [-0.05, 0) is 45.9 Å². The molecule has 1 saturated heterocycles. The fourth-order valence-corrected chi connectivity index (χ4v) is 4.66. The highest BCUT2D eigenvalue weighted by Crippen LogP contribution is 2.19. The van der Waals surface area contributed by atoms with Crippen LogP contribution >= 0.6 is 0 Å². The summed E-state index contributed by atoms with van der Waals surface area (Å²) in [6.45, 7) is 15.7. The molecule has 1 aliphatic heterocycles. The van der Waals surface area contributed by atoms with Crippen molar-refractivity contribution in [3.63, 3.8) is 0 Å². The number of piperazine rings is 1. The molecule has 0 saturated carbocycles. The number of sulfonamides is 1. The Kier molecular flexibility index (Phi) is 6.07. The predicted molar refractivity (Wildman–Crippen MR) is 98.9 cm³/mol. The highest BCUT2D eigenvalue weighted by molar-refractivity contribution is 7.89. The molecule has 1 fully saturated rings. The van der Waals surface area contributed by atoms with Gasteiger partial charge in [-0.2, -0.15) is 0 Å². The Morgan fingerprint density at radius 1 is 1.12 bits per heavy atom. The van der Waals surface area contributed by atoms with Crippen molar-refractivity contribution in [3.05, 3.63) is 29.3 Å². The minimum absolute atomic E-state index is 0.203. The monoisotopic (exact) mass is 353 g/mol. The van der Waals surface area contributed by atoms with Gasteiger partial charge in [-0.1, -0.05) is 24.6 Å². The van der Waals surface area contributed by atoms with Crippen molar-refractivity contribution in [3.8, 4) is 0 Å². The van der Waals surface area contributed by atoms with Gasteiger partial charge in [-0.25, -0.2) is 13.1 Å². The van der Waals surface area contributed by atoms with Gasteiger partial charge < -0.3 is 4.90 Å². The van der Waals surface area contributed by atoms with Gasteiger partial charge in [0.1, 0.15) is 0 Å². The lowest BCUT2D eigenvalue weighted by molar-refractivity contribution is 0.0571. The molecule has 0 unspecified atom stereocenters. The van der Waals surface area contributed by atoms with Crippen LogP contribution in [0.4, 0.5) is 0 Å². The lowest BCUT2D eigenvalue weighted by atomic mass is 10.0. The minimum Gasteiger partial charge on any atom is -0.301 e. The van der Waals surface area contributed by atoms with E-state index in [1.54, 1.807) is 6.07 Å². The van der Waals surface area contributed by atoms with Crippen molar-refractivity contribution in [2.45, 2.75) is 45.1 Å². The number of rotatable bonds is 6. The lowest BCUT2D eigenvalue weighted by Crippen LogP contribution is -2.58. The van der Waals surface area contributed by atoms with Crippen LogP contribution in [0.1, 0.15) is 31.9 Å². The predicted octanol–water partition coefficient (Wildman–Crippen LogP) is 2.00. The largest absolute Gasteiger partial charge is 0.301 e. The molecule has 0 aromatic heterocycles. The molecule has 5 nitrogen and oxygen atoms in total. The Labute approximate surface area is 147 Å². The van der Waals surface area contributed by atoms with Gasteiger partial charge in [0, 0.05) is 38.3 Å². The molecule has 1 aromatic rings. The second-order valence-electron chi connectivity index (χ2n) is 7.33. The van der Waals surface area contributed by atoms with Gasteiger partial charge in [0.05, 0.1) is 4.90 Å². The maximum Gasteiger partial charge on any atom is 0.240 e. The smallest absolute Gasteiger partial charge is 0.240 e. The Bertz CT molecular complexity index is 663. The third kappa shape index (κ3) is 4.57. The van der Waals surface area contributed by atoms with Gasteiger partial charge in [0.2, 0.25) is 10.0 Å². The zero-order valence-corrected chi connectivity index (χ0v) is 16.4. The van der Waals surface area contributed by atoms with Crippen molar-refractivity contribution < 1.29 is 8.42 Å². The highest BCUT2D eigenvalue weighted by atomic mass is 32.2. The number of nitrogens with zero attached hydrogens (tertiary/aromatic N) is 2. The summed E-state index contributed by atoms with van der Waals surface area (Å²) in [6, 6.07) is 5.44. The zero-order chi connectivity index (χ0) is 18.0. The van der Waals surface area contributed by atoms with Crippen LogP contribution in [-0.2, 0) is 10.0 Å². The van der Waals surface area contributed by atoms with Crippen LogP contribution in [0.5, 0.6) is 0 Å². The van der Waals surface area contributed by atoms with E-state index in [-0.39, 0.29) is 5.54 Å². The normalized spacial score (nSPS) is 18.0. The van der Waals surface area contributed by atoms with Crippen LogP contribution in [0.15, 0.2) is 23.1 Å². The summed E-state index contributed by atoms with van der Waals surface area (Å²) < 4.78 is 28.1. The first kappa shape index (κ1) is 19.4. The van der Waals surface area contributed by atoms with E-state index in [0.29, 0.717) is 11.4 Å². The summed E-state index contributed by atoms with van der Waals surface area (Å²) in [5, 5.41) is 0. The van der Waals surface area contributed by atoms with Crippen LogP contribution in [-0.4, -0.2) is 63.0 Å². The average molecular weight is 354 g/mol. The fourth-order valence-electron chi connectivity index (χ4n) is 3.23. The number of likely N-dealkylation sites (N-methyl/N-ethyl adjacent to an activating group) is 1. The first-order chi connectivity index (χ1) is 11.2. The van der Waals surface area contributed by atoms with E-state index >= 15 is 0 Å². The molecule has 1 heterocycles. The lowest BCUT2D eigenvalue weighted by Gasteiger charge is -2.44. The number of nitrogens with one attached hydrogen (secondary N) is 1. The summed E-state index contributed by atoms with van der Waals surface area (Å²) in [4.78, 5) is 5.18. The van der Waals surface area contributed by atoms with Crippen molar-refractivity contribution in [2.75, 3.05) is 39.3 Å². The molecule has 0 bridgehead atoms. The van der Waals surface area contributed by atoms with E-state index in [0.717, 1.165) is 43.9 Å².